The Hall–Kier alpha value is -1.36. The Morgan fingerprint density at radius 3 is 2.58 bits per heavy atom. The van der Waals surface area contributed by atoms with Crippen molar-refractivity contribution in [3.8, 4) is 0 Å². The molecule has 0 aliphatic heterocycles. The minimum Gasteiger partial charge on any atom is -0.462 e. The zero-order valence-electron chi connectivity index (χ0n) is 11.7. The zero-order valence-corrected chi connectivity index (χ0v) is 12.5. The van der Waals surface area contributed by atoms with Gasteiger partial charge in [0.15, 0.2) is 0 Å². The lowest BCUT2D eigenvalue weighted by molar-refractivity contribution is -0.117. The van der Waals surface area contributed by atoms with E-state index in [9.17, 15) is 9.59 Å². The molecule has 1 amide bonds. The molecule has 1 saturated carbocycles. The van der Waals surface area contributed by atoms with E-state index in [1.807, 2.05) is 13.8 Å². The lowest BCUT2D eigenvalue weighted by Crippen LogP contribution is -2.16. The molecule has 1 aliphatic rings. The normalized spacial score (nSPS) is 21.1. The second kappa shape index (κ2) is 5.33. The number of anilines is 1. The maximum atomic E-state index is 12.0. The molecule has 0 saturated heterocycles. The van der Waals surface area contributed by atoms with Crippen molar-refractivity contribution in [2.75, 3.05) is 11.9 Å². The van der Waals surface area contributed by atoms with Crippen LogP contribution in [0.3, 0.4) is 0 Å². The summed E-state index contributed by atoms with van der Waals surface area (Å²) in [6.07, 6.45) is 0.934. The monoisotopic (exact) mass is 281 g/mol. The molecule has 2 rings (SSSR count). The van der Waals surface area contributed by atoms with Crippen LogP contribution in [-0.4, -0.2) is 18.5 Å². The van der Waals surface area contributed by atoms with E-state index in [0.717, 1.165) is 16.9 Å². The molecule has 2 unspecified atom stereocenters. The van der Waals surface area contributed by atoms with Gasteiger partial charge in [-0.15, -0.1) is 11.3 Å². The quantitative estimate of drug-likeness (QED) is 0.863. The van der Waals surface area contributed by atoms with Crippen LogP contribution in [0.2, 0.25) is 0 Å². The van der Waals surface area contributed by atoms with Crippen molar-refractivity contribution in [1.82, 2.24) is 0 Å². The number of hydrogen-bond acceptors (Lipinski definition) is 4. The average molecular weight is 281 g/mol. The molecule has 2 atom stereocenters. The number of thiophene rings is 1. The highest BCUT2D eigenvalue weighted by Gasteiger charge is 2.39. The van der Waals surface area contributed by atoms with Gasteiger partial charge in [0.25, 0.3) is 0 Å². The highest BCUT2D eigenvalue weighted by molar-refractivity contribution is 7.16. The van der Waals surface area contributed by atoms with Gasteiger partial charge >= 0.3 is 5.97 Å². The molecule has 0 radical (unpaired) electrons. The Balaban J connectivity index is 2.22. The topological polar surface area (TPSA) is 55.4 Å². The van der Waals surface area contributed by atoms with Crippen molar-refractivity contribution in [3.63, 3.8) is 0 Å². The van der Waals surface area contributed by atoms with Gasteiger partial charge in [0.2, 0.25) is 5.91 Å². The second-order valence-corrected chi connectivity index (χ2v) is 6.24. The van der Waals surface area contributed by atoms with Crippen LogP contribution in [0.25, 0.3) is 0 Å². The van der Waals surface area contributed by atoms with Crippen LogP contribution in [0.15, 0.2) is 0 Å². The zero-order chi connectivity index (χ0) is 14.2. The van der Waals surface area contributed by atoms with Crippen molar-refractivity contribution in [3.05, 3.63) is 16.0 Å². The second-order valence-electron chi connectivity index (χ2n) is 5.02. The summed E-state index contributed by atoms with van der Waals surface area (Å²) in [5, 5.41) is 3.51. The van der Waals surface area contributed by atoms with Gasteiger partial charge in [-0.25, -0.2) is 4.79 Å². The third-order valence-corrected chi connectivity index (χ3v) is 4.67. The van der Waals surface area contributed by atoms with E-state index in [0.29, 0.717) is 23.1 Å². The Labute approximate surface area is 117 Å². The summed E-state index contributed by atoms with van der Waals surface area (Å²) in [5.74, 6) is 0.203. The highest BCUT2D eigenvalue weighted by atomic mass is 32.1. The number of carbonyl (C=O) groups is 2. The SMILES string of the molecule is CCOC(=O)c1c(NC(=O)C2CC2C)sc(C)c1C. The maximum Gasteiger partial charge on any atom is 0.341 e. The van der Waals surface area contributed by atoms with E-state index < -0.39 is 0 Å². The number of esters is 1. The molecule has 1 aliphatic carbocycles. The molecule has 1 fully saturated rings. The summed E-state index contributed by atoms with van der Waals surface area (Å²) in [7, 11) is 0. The largest absolute Gasteiger partial charge is 0.462 e. The van der Waals surface area contributed by atoms with Crippen LogP contribution >= 0.6 is 11.3 Å². The number of rotatable bonds is 4. The van der Waals surface area contributed by atoms with Crippen LogP contribution in [0.1, 0.15) is 41.1 Å². The molecular formula is C14H19NO3S. The molecule has 0 aromatic carbocycles. The van der Waals surface area contributed by atoms with Gasteiger partial charge in [-0.2, -0.15) is 0 Å². The van der Waals surface area contributed by atoms with Crippen LogP contribution in [0.5, 0.6) is 0 Å². The minimum absolute atomic E-state index is 0.0132. The number of ether oxygens (including phenoxy) is 1. The van der Waals surface area contributed by atoms with Gasteiger partial charge < -0.3 is 10.1 Å². The van der Waals surface area contributed by atoms with Gasteiger partial charge in [-0.3, -0.25) is 4.79 Å². The number of carbonyl (C=O) groups excluding carboxylic acids is 2. The summed E-state index contributed by atoms with van der Waals surface area (Å²) in [5.41, 5.74) is 1.40. The Morgan fingerprint density at radius 2 is 2.05 bits per heavy atom. The Kier molecular flexibility index (Phi) is 3.94. The van der Waals surface area contributed by atoms with Crippen molar-refractivity contribution in [1.29, 1.82) is 0 Å². The van der Waals surface area contributed by atoms with E-state index >= 15 is 0 Å². The summed E-state index contributed by atoms with van der Waals surface area (Å²) >= 11 is 1.44. The molecule has 1 aromatic heterocycles. The first-order chi connectivity index (χ1) is 8.95. The molecule has 0 bridgehead atoms. The summed E-state index contributed by atoms with van der Waals surface area (Å²) < 4.78 is 5.06. The molecule has 5 heteroatoms. The first-order valence-corrected chi connectivity index (χ1v) is 7.35. The molecule has 4 nitrogen and oxygen atoms in total. The van der Waals surface area contributed by atoms with Crippen LogP contribution in [-0.2, 0) is 9.53 Å². The molecule has 19 heavy (non-hydrogen) atoms. The lowest BCUT2D eigenvalue weighted by atomic mass is 10.1. The van der Waals surface area contributed by atoms with Crippen LogP contribution in [0.4, 0.5) is 5.00 Å². The number of amides is 1. The van der Waals surface area contributed by atoms with E-state index in [-0.39, 0.29) is 17.8 Å². The fraction of sp³-hybridized carbons (Fsp3) is 0.571. The molecule has 104 valence electrons. The fourth-order valence-corrected chi connectivity index (χ4v) is 3.11. The van der Waals surface area contributed by atoms with E-state index in [1.54, 1.807) is 6.92 Å². The van der Waals surface area contributed by atoms with E-state index in [2.05, 4.69) is 12.2 Å². The first-order valence-electron chi connectivity index (χ1n) is 6.53. The molecule has 1 heterocycles. The Bertz CT molecular complexity index is 521. The molecule has 1 aromatic rings. The smallest absolute Gasteiger partial charge is 0.341 e. The predicted molar refractivity (Wildman–Crippen MR) is 75.7 cm³/mol. The molecular weight excluding hydrogens is 262 g/mol. The van der Waals surface area contributed by atoms with E-state index in [4.69, 9.17) is 4.74 Å². The van der Waals surface area contributed by atoms with Gasteiger partial charge in [0.05, 0.1) is 12.2 Å². The number of aryl methyl sites for hydroxylation is 1. The number of hydrogen-bond donors (Lipinski definition) is 1. The predicted octanol–water partition coefficient (Wildman–Crippen LogP) is 3.14. The van der Waals surface area contributed by atoms with Gasteiger partial charge in [0, 0.05) is 10.8 Å². The molecule has 1 N–H and O–H groups in total. The maximum absolute atomic E-state index is 12.0. The average Bonchev–Trinajstić information content (AvgIpc) is 2.99. The summed E-state index contributed by atoms with van der Waals surface area (Å²) in [6, 6.07) is 0. The molecule has 0 spiro atoms. The van der Waals surface area contributed by atoms with Crippen LogP contribution in [0, 0.1) is 25.7 Å². The van der Waals surface area contributed by atoms with Gasteiger partial charge in [-0.1, -0.05) is 6.92 Å². The fourth-order valence-electron chi connectivity index (χ4n) is 2.06. The third kappa shape index (κ3) is 2.81. The standard InChI is InChI=1S/C14H19NO3S/c1-5-18-14(17)11-8(3)9(4)19-13(11)15-12(16)10-6-7(10)2/h7,10H,5-6H2,1-4H3,(H,15,16). The van der Waals surface area contributed by atoms with Crippen molar-refractivity contribution < 1.29 is 14.3 Å². The lowest BCUT2D eigenvalue weighted by Gasteiger charge is -2.06. The third-order valence-electron chi connectivity index (χ3n) is 3.55. The van der Waals surface area contributed by atoms with Crippen molar-refractivity contribution >= 4 is 28.2 Å². The minimum atomic E-state index is -0.358. The highest BCUT2D eigenvalue weighted by Crippen LogP contribution is 2.40. The van der Waals surface area contributed by atoms with Gasteiger partial charge in [0.1, 0.15) is 5.00 Å². The first kappa shape index (κ1) is 14.1. The number of nitrogens with one attached hydrogen (secondary N) is 1. The van der Waals surface area contributed by atoms with Gasteiger partial charge in [-0.05, 0) is 38.7 Å². The van der Waals surface area contributed by atoms with Crippen molar-refractivity contribution in [2.24, 2.45) is 11.8 Å². The Morgan fingerprint density at radius 1 is 1.42 bits per heavy atom. The summed E-state index contributed by atoms with van der Waals surface area (Å²) in [6.45, 7) is 7.99. The summed E-state index contributed by atoms with van der Waals surface area (Å²) in [4.78, 5) is 25.0. The van der Waals surface area contributed by atoms with E-state index in [1.165, 1.54) is 11.3 Å². The van der Waals surface area contributed by atoms with Crippen LogP contribution < -0.4 is 5.32 Å². The van der Waals surface area contributed by atoms with Crippen molar-refractivity contribution in [2.45, 2.75) is 34.1 Å².